The lowest BCUT2D eigenvalue weighted by molar-refractivity contribution is -0.144. The number of carboxylic acid groups (broad SMARTS) is 3. The molecule has 13 heteroatoms. The molecule has 4 unspecified atom stereocenters. The molecule has 0 spiro atoms. The van der Waals surface area contributed by atoms with Crippen LogP contribution in [-0.2, 0) is 28.8 Å². The standard InChI is InChI=1S/C17H28N4O9/c1-3-8(2)14(21-11(22)7-18)16(28)20-10(6-13(25)26)15(27)19-9(17(29)30)4-5-12(23)24/h8-10,14H,3-7,18H2,1-2H3,(H,19,27)(H,20,28)(H,21,22)(H,23,24)(H,25,26)(H,29,30). The maximum absolute atomic E-state index is 12.6. The van der Waals surface area contributed by atoms with Gasteiger partial charge in [-0.2, -0.15) is 0 Å². The summed E-state index contributed by atoms with van der Waals surface area (Å²) in [5.74, 6) is -7.21. The van der Waals surface area contributed by atoms with Gasteiger partial charge in [-0.1, -0.05) is 20.3 Å². The van der Waals surface area contributed by atoms with Gasteiger partial charge in [-0.05, 0) is 12.3 Å². The van der Waals surface area contributed by atoms with E-state index in [9.17, 15) is 28.8 Å². The van der Waals surface area contributed by atoms with E-state index in [-0.39, 0.29) is 12.5 Å². The second-order valence-corrected chi connectivity index (χ2v) is 6.63. The average molecular weight is 432 g/mol. The number of carbonyl (C=O) groups excluding carboxylic acids is 3. The Hall–Kier alpha value is -3.22. The van der Waals surface area contributed by atoms with Crippen LogP contribution in [0, 0.1) is 5.92 Å². The van der Waals surface area contributed by atoms with Crippen LogP contribution in [0.3, 0.4) is 0 Å². The summed E-state index contributed by atoms with van der Waals surface area (Å²) in [5, 5.41) is 33.5. The summed E-state index contributed by atoms with van der Waals surface area (Å²) >= 11 is 0. The van der Waals surface area contributed by atoms with Crippen molar-refractivity contribution in [3.05, 3.63) is 0 Å². The molecule has 13 nitrogen and oxygen atoms in total. The number of aliphatic carboxylic acids is 3. The number of nitrogens with one attached hydrogen (secondary N) is 3. The van der Waals surface area contributed by atoms with Crippen LogP contribution in [0.1, 0.15) is 39.5 Å². The smallest absolute Gasteiger partial charge is 0.326 e. The summed E-state index contributed by atoms with van der Waals surface area (Å²) in [4.78, 5) is 69.6. The zero-order valence-electron chi connectivity index (χ0n) is 16.7. The lowest BCUT2D eigenvalue weighted by Crippen LogP contribution is -2.58. The molecule has 0 aromatic rings. The van der Waals surface area contributed by atoms with Crippen LogP contribution < -0.4 is 21.7 Å². The minimum atomic E-state index is -1.65. The van der Waals surface area contributed by atoms with Gasteiger partial charge < -0.3 is 37.0 Å². The van der Waals surface area contributed by atoms with Crippen molar-refractivity contribution in [2.45, 2.75) is 57.7 Å². The summed E-state index contributed by atoms with van der Waals surface area (Å²) in [6, 6.07) is -4.34. The van der Waals surface area contributed by atoms with Crippen molar-refractivity contribution < 1.29 is 44.1 Å². The normalized spacial score (nSPS) is 14.5. The molecular formula is C17H28N4O9. The predicted octanol–water partition coefficient (Wildman–Crippen LogP) is -2.13. The van der Waals surface area contributed by atoms with E-state index in [2.05, 4.69) is 10.6 Å². The number of hydrogen-bond donors (Lipinski definition) is 7. The SMILES string of the molecule is CCC(C)C(NC(=O)CN)C(=O)NC(CC(=O)O)C(=O)NC(CCC(=O)O)C(=O)O. The van der Waals surface area contributed by atoms with E-state index >= 15 is 0 Å². The van der Waals surface area contributed by atoms with Gasteiger partial charge >= 0.3 is 17.9 Å². The van der Waals surface area contributed by atoms with E-state index < -0.39 is 73.0 Å². The summed E-state index contributed by atoms with van der Waals surface area (Å²) in [6.07, 6.45) is -1.38. The van der Waals surface area contributed by atoms with Gasteiger partial charge in [0, 0.05) is 6.42 Å². The number of nitrogens with two attached hydrogens (primary N) is 1. The first-order valence-corrected chi connectivity index (χ1v) is 9.19. The van der Waals surface area contributed by atoms with Crippen LogP contribution in [0.5, 0.6) is 0 Å². The minimum absolute atomic E-state index is 0.378. The number of amides is 3. The maximum Gasteiger partial charge on any atom is 0.326 e. The van der Waals surface area contributed by atoms with Gasteiger partial charge in [0.1, 0.15) is 18.1 Å². The summed E-state index contributed by atoms with van der Waals surface area (Å²) in [5.41, 5.74) is 5.23. The Balaban J connectivity index is 5.44. The molecule has 0 aliphatic rings. The Morgan fingerprint density at radius 1 is 0.867 bits per heavy atom. The van der Waals surface area contributed by atoms with Gasteiger partial charge in [0.2, 0.25) is 17.7 Å². The Labute approximate surface area is 172 Å². The largest absolute Gasteiger partial charge is 0.481 e. The number of hydrogen-bond acceptors (Lipinski definition) is 7. The van der Waals surface area contributed by atoms with Crippen molar-refractivity contribution in [2.24, 2.45) is 11.7 Å². The molecule has 0 saturated carbocycles. The van der Waals surface area contributed by atoms with Crippen molar-refractivity contribution >= 4 is 35.6 Å². The Morgan fingerprint density at radius 2 is 1.43 bits per heavy atom. The van der Waals surface area contributed by atoms with Crippen molar-refractivity contribution in [3.63, 3.8) is 0 Å². The Bertz CT molecular complexity index is 668. The van der Waals surface area contributed by atoms with Crippen molar-refractivity contribution in [2.75, 3.05) is 6.54 Å². The summed E-state index contributed by atoms with van der Waals surface area (Å²) in [6.45, 7) is 3.02. The fourth-order valence-electron chi connectivity index (χ4n) is 2.38. The van der Waals surface area contributed by atoms with Crippen LogP contribution in [0.4, 0.5) is 0 Å². The van der Waals surface area contributed by atoms with Gasteiger partial charge in [-0.25, -0.2) is 4.79 Å². The molecule has 0 saturated heterocycles. The van der Waals surface area contributed by atoms with E-state index in [0.717, 1.165) is 0 Å². The van der Waals surface area contributed by atoms with Crippen LogP contribution in [0.15, 0.2) is 0 Å². The van der Waals surface area contributed by atoms with Gasteiger partial charge in [0.05, 0.1) is 13.0 Å². The first-order chi connectivity index (χ1) is 13.9. The summed E-state index contributed by atoms with van der Waals surface area (Å²) in [7, 11) is 0. The topological polar surface area (TPSA) is 225 Å². The fourth-order valence-corrected chi connectivity index (χ4v) is 2.38. The van der Waals surface area contributed by atoms with Crippen molar-refractivity contribution in [3.8, 4) is 0 Å². The highest BCUT2D eigenvalue weighted by molar-refractivity contribution is 5.95. The van der Waals surface area contributed by atoms with Gasteiger partial charge in [0.25, 0.3) is 0 Å². The first kappa shape index (κ1) is 26.8. The molecule has 3 amide bonds. The molecule has 0 heterocycles. The maximum atomic E-state index is 12.6. The van der Waals surface area contributed by atoms with E-state index in [1.807, 2.05) is 5.32 Å². The van der Waals surface area contributed by atoms with Crippen LogP contribution in [0.25, 0.3) is 0 Å². The molecule has 0 aromatic carbocycles. The van der Waals surface area contributed by atoms with E-state index in [4.69, 9.17) is 21.1 Å². The predicted molar refractivity (Wildman–Crippen MR) is 101 cm³/mol. The Kier molecular flexibility index (Phi) is 11.7. The van der Waals surface area contributed by atoms with E-state index in [1.165, 1.54) is 0 Å². The molecule has 0 fully saturated rings. The zero-order chi connectivity index (χ0) is 23.4. The quantitative estimate of drug-likeness (QED) is 0.158. The molecule has 8 N–H and O–H groups in total. The highest BCUT2D eigenvalue weighted by atomic mass is 16.4. The van der Waals surface area contributed by atoms with Gasteiger partial charge in [0.15, 0.2) is 0 Å². The van der Waals surface area contributed by atoms with Crippen LogP contribution >= 0.6 is 0 Å². The lowest BCUT2D eigenvalue weighted by Gasteiger charge is -2.26. The Morgan fingerprint density at radius 3 is 1.87 bits per heavy atom. The van der Waals surface area contributed by atoms with Gasteiger partial charge in [-0.3, -0.25) is 24.0 Å². The molecule has 30 heavy (non-hydrogen) atoms. The molecule has 0 aliphatic carbocycles. The molecule has 0 radical (unpaired) electrons. The molecule has 170 valence electrons. The molecule has 4 atom stereocenters. The van der Waals surface area contributed by atoms with Gasteiger partial charge in [-0.15, -0.1) is 0 Å². The second-order valence-electron chi connectivity index (χ2n) is 6.63. The number of rotatable bonds is 14. The highest BCUT2D eigenvalue weighted by Gasteiger charge is 2.32. The third kappa shape index (κ3) is 9.82. The van der Waals surface area contributed by atoms with Crippen molar-refractivity contribution in [1.29, 1.82) is 0 Å². The third-order valence-electron chi connectivity index (χ3n) is 4.27. The first-order valence-electron chi connectivity index (χ1n) is 9.19. The van der Waals surface area contributed by atoms with Crippen molar-refractivity contribution in [1.82, 2.24) is 16.0 Å². The monoisotopic (exact) mass is 432 g/mol. The average Bonchev–Trinajstić information content (AvgIpc) is 2.66. The zero-order valence-corrected chi connectivity index (χ0v) is 16.7. The minimum Gasteiger partial charge on any atom is -0.481 e. The van der Waals surface area contributed by atoms with E-state index in [1.54, 1.807) is 13.8 Å². The molecule has 0 aliphatic heterocycles. The fraction of sp³-hybridized carbons (Fsp3) is 0.647. The molecular weight excluding hydrogens is 404 g/mol. The molecule has 0 bridgehead atoms. The lowest BCUT2D eigenvalue weighted by atomic mass is 9.97. The van der Waals surface area contributed by atoms with E-state index in [0.29, 0.717) is 6.42 Å². The number of carboxylic acids is 3. The number of carbonyl (C=O) groups is 6. The second kappa shape index (κ2) is 13.1. The molecule has 0 rings (SSSR count). The third-order valence-corrected chi connectivity index (χ3v) is 4.27. The van der Waals surface area contributed by atoms with Crippen LogP contribution in [0.2, 0.25) is 0 Å². The highest BCUT2D eigenvalue weighted by Crippen LogP contribution is 2.09. The molecule has 0 aromatic heterocycles. The van der Waals surface area contributed by atoms with Crippen LogP contribution in [-0.4, -0.2) is 75.6 Å². The summed E-state index contributed by atoms with van der Waals surface area (Å²) < 4.78 is 0.